The topological polar surface area (TPSA) is 66.5 Å². The summed E-state index contributed by atoms with van der Waals surface area (Å²) < 4.78 is 27.2. The number of hydrogen-bond donors (Lipinski definition) is 1. The highest BCUT2D eigenvalue weighted by Gasteiger charge is 2.24. The van der Waals surface area contributed by atoms with Gasteiger partial charge in [-0.1, -0.05) is 62.4 Å². The van der Waals surface area contributed by atoms with Crippen LogP contribution >= 0.6 is 0 Å². The van der Waals surface area contributed by atoms with Gasteiger partial charge in [0.2, 0.25) is 10.0 Å². The van der Waals surface area contributed by atoms with Crippen LogP contribution in [-0.2, 0) is 10.0 Å². The molecule has 3 rings (SSSR count). The monoisotopic (exact) mass is 422 g/mol. The standard InChI is InChI=1S/C24H26N2O3S/c1-4-26(5-2)30(28,29)23-17-22(16-11-18(23)3)25-24(27)21-14-12-20(13-15-21)19-9-7-6-8-10-19/h6-17H,4-5H2,1-3H3,(H,25,27). The molecule has 30 heavy (non-hydrogen) atoms. The lowest BCUT2D eigenvalue weighted by atomic mass is 10.0. The van der Waals surface area contributed by atoms with E-state index in [1.54, 1.807) is 45.0 Å². The zero-order chi connectivity index (χ0) is 21.7. The highest BCUT2D eigenvalue weighted by molar-refractivity contribution is 7.89. The average Bonchev–Trinajstić information content (AvgIpc) is 2.76. The van der Waals surface area contributed by atoms with Crippen molar-refractivity contribution in [2.45, 2.75) is 25.7 Å². The molecule has 6 heteroatoms. The van der Waals surface area contributed by atoms with Crippen molar-refractivity contribution in [2.24, 2.45) is 0 Å². The first-order chi connectivity index (χ1) is 14.4. The fourth-order valence-corrected chi connectivity index (χ4v) is 5.02. The Morgan fingerprint density at radius 1 is 0.867 bits per heavy atom. The number of benzene rings is 3. The highest BCUT2D eigenvalue weighted by Crippen LogP contribution is 2.24. The third-order valence-corrected chi connectivity index (χ3v) is 7.22. The van der Waals surface area contributed by atoms with Crippen molar-refractivity contribution in [3.8, 4) is 11.1 Å². The fraction of sp³-hybridized carbons (Fsp3) is 0.208. The lowest BCUT2D eigenvalue weighted by molar-refractivity contribution is 0.102. The molecule has 0 saturated carbocycles. The van der Waals surface area contributed by atoms with Crippen LogP contribution in [0.2, 0.25) is 0 Å². The first kappa shape index (κ1) is 21.7. The number of carbonyl (C=O) groups is 1. The number of sulfonamides is 1. The van der Waals surface area contributed by atoms with Crippen LogP contribution in [0.25, 0.3) is 11.1 Å². The van der Waals surface area contributed by atoms with Crippen LogP contribution in [0.1, 0.15) is 29.8 Å². The molecule has 5 nitrogen and oxygen atoms in total. The molecule has 0 aliphatic rings. The van der Waals surface area contributed by atoms with Gasteiger partial charge in [0.1, 0.15) is 0 Å². The zero-order valence-electron chi connectivity index (χ0n) is 17.4. The SMILES string of the molecule is CCN(CC)S(=O)(=O)c1cc(NC(=O)c2ccc(-c3ccccc3)cc2)ccc1C. The summed E-state index contributed by atoms with van der Waals surface area (Å²) in [6, 6.07) is 22.2. The van der Waals surface area contributed by atoms with E-state index in [-0.39, 0.29) is 10.8 Å². The van der Waals surface area contributed by atoms with Crippen LogP contribution in [0.15, 0.2) is 77.7 Å². The van der Waals surface area contributed by atoms with E-state index in [0.29, 0.717) is 29.9 Å². The van der Waals surface area contributed by atoms with E-state index in [1.165, 1.54) is 10.4 Å². The molecule has 0 fully saturated rings. The van der Waals surface area contributed by atoms with Crippen molar-refractivity contribution in [1.82, 2.24) is 4.31 Å². The van der Waals surface area contributed by atoms with Crippen molar-refractivity contribution in [3.05, 3.63) is 83.9 Å². The van der Waals surface area contributed by atoms with Gasteiger partial charge in [-0.05, 0) is 47.9 Å². The van der Waals surface area contributed by atoms with Crippen molar-refractivity contribution in [2.75, 3.05) is 18.4 Å². The zero-order valence-corrected chi connectivity index (χ0v) is 18.2. The second kappa shape index (κ2) is 9.24. The minimum absolute atomic E-state index is 0.212. The summed E-state index contributed by atoms with van der Waals surface area (Å²) in [5, 5.41) is 2.81. The van der Waals surface area contributed by atoms with E-state index in [4.69, 9.17) is 0 Å². The maximum Gasteiger partial charge on any atom is 0.255 e. The molecule has 1 N–H and O–H groups in total. The number of aryl methyl sites for hydroxylation is 1. The van der Waals surface area contributed by atoms with Gasteiger partial charge in [0.25, 0.3) is 5.91 Å². The van der Waals surface area contributed by atoms with Gasteiger partial charge in [-0.3, -0.25) is 4.79 Å². The molecule has 0 aromatic heterocycles. The Kier molecular flexibility index (Phi) is 6.70. The lowest BCUT2D eigenvalue weighted by Crippen LogP contribution is -2.31. The minimum Gasteiger partial charge on any atom is -0.322 e. The Bertz CT molecular complexity index is 1120. The maximum absolute atomic E-state index is 12.9. The minimum atomic E-state index is -3.61. The molecule has 0 spiro atoms. The first-order valence-electron chi connectivity index (χ1n) is 9.94. The average molecular weight is 423 g/mol. The maximum atomic E-state index is 12.9. The molecular formula is C24H26N2O3S. The molecule has 0 unspecified atom stereocenters. The van der Waals surface area contributed by atoms with E-state index < -0.39 is 10.0 Å². The molecule has 0 bridgehead atoms. The van der Waals surface area contributed by atoms with Gasteiger partial charge in [-0.15, -0.1) is 0 Å². The summed E-state index contributed by atoms with van der Waals surface area (Å²) in [7, 11) is -3.61. The Labute approximate surface area is 178 Å². The van der Waals surface area contributed by atoms with Crippen LogP contribution in [0.5, 0.6) is 0 Å². The number of nitrogens with one attached hydrogen (secondary N) is 1. The Hall–Kier alpha value is -2.96. The molecule has 0 saturated heterocycles. The molecule has 3 aromatic rings. The highest BCUT2D eigenvalue weighted by atomic mass is 32.2. The van der Waals surface area contributed by atoms with Crippen molar-refractivity contribution < 1.29 is 13.2 Å². The summed E-state index contributed by atoms with van der Waals surface area (Å²) in [5.74, 6) is -0.287. The second-order valence-corrected chi connectivity index (χ2v) is 8.87. The molecular weight excluding hydrogens is 396 g/mol. The van der Waals surface area contributed by atoms with Crippen LogP contribution in [0.3, 0.4) is 0 Å². The predicted octanol–water partition coefficient (Wildman–Crippen LogP) is 4.94. The number of hydrogen-bond acceptors (Lipinski definition) is 3. The fourth-order valence-electron chi connectivity index (χ4n) is 3.31. The molecule has 0 aliphatic heterocycles. The summed E-state index contributed by atoms with van der Waals surface area (Å²) in [6.45, 7) is 6.15. The van der Waals surface area contributed by atoms with E-state index in [1.807, 2.05) is 42.5 Å². The lowest BCUT2D eigenvalue weighted by Gasteiger charge is -2.20. The Morgan fingerprint density at radius 2 is 1.47 bits per heavy atom. The number of nitrogens with zero attached hydrogens (tertiary/aromatic N) is 1. The van der Waals surface area contributed by atoms with E-state index in [0.717, 1.165) is 11.1 Å². The van der Waals surface area contributed by atoms with E-state index in [2.05, 4.69) is 5.32 Å². The Balaban J connectivity index is 1.82. The van der Waals surface area contributed by atoms with Crippen LogP contribution in [0, 0.1) is 6.92 Å². The van der Waals surface area contributed by atoms with E-state index >= 15 is 0 Å². The number of carbonyl (C=O) groups excluding carboxylic acids is 1. The molecule has 3 aromatic carbocycles. The predicted molar refractivity (Wildman–Crippen MR) is 121 cm³/mol. The molecule has 156 valence electrons. The van der Waals surface area contributed by atoms with Gasteiger partial charge in [0.05, 0.1) is 4.90 Å². The van der Waals surface area contributed by atoms with Gasteiger partial charge < -0.3 is 5.32 Å². The largest absolute Gasteiger partial charge is 0.322 e. The quantitative estimate of drug-likeness (QED) is 0.586. The molecule has 0 heterocycles. The first-order valence-corrected chi connectivity index (χ1v) is 11.4. The number of rotatable bonds is 7. The third kappa shape index (κ3) is 4.61. The number of amides is 1. The summed E-state index contributed by atoms with van der Waals surface area (Å²) >= 11 is 0. The molecule has 1 amide bonds. The van der Waals surface area contributed by atoms with Gasteiger partial charge in [0, 0.05) is 24.3 Å². The summed E-state index contributed by atoms with van der Waals surface area (Å²) in [4.78, 5) is 12.9. The molecule has 0 aliphatic carbocycles. The van der Waals surface area contributed by atoms with Crippen molar-refractivity contribution in [1.29, 1.82) is 0 Å². The van der Waals surface area contributed by atoms with Crippen LogP contribution in [0.4, 0.5) is 5.69 Å². The summed E-state index contributed by atoms with van der Waals surface area (Å²) in [5.41, 5.74) is 3.70. The Morgan fingerprint density at radius 3 is 2.07 bits per heavy atom. The smallest absolute Gasteiger partial charge is 0.255 e. The van der Waals surface area contributed by atoms with Crippen molar-refractivity contribution in [3.63, 3.8) is 0 Å². The van der Waals surface area contributed by atoms with Crippen LogP contribution < -0.4 is 5.32 Å². The van der Waals surface area contributed by atoms with Gasteiger partial charge in [0.15, 0.2) is 0 Å². The number of anilines is 1. The normalized spacial score (nSPS) is 11.5. The van der Waals surface area contributed by atoms with Gasteiger partial charge >= 0.3 is 0 Å². The van der Waals surface area contributed by atoms with Crippen LogP contribution in [-0.4, -0.2) is 31.7 Å². The molecule has 0 radical (unpaired) electrons. The van der Waals surface area contributed by atoms with Gasteiger partial charge in [-0.2, -0.15) is 4.31 Å². The third-order valence-electron chi connectivity index (χ3n) is 5.02. The van der Waals surface area contributed by atoms with Crippen molar-refractivity contribution >= 4 is 21.6 Å². The van der Waals surface area contributed by atoms with E-state index in [9.17, 15) is 13.2 Å². The second-order valence-electron chi connectivity index (χ2n) is 6.97. The van der Waals surface area contributed by atoms with Gasteiger partial charge in [-0.25, -0.2) is 8.42 Å². The molecule has 0 atom stereocenters. The summed E-state index contributed by atoms with van der Waals surface area (Å²) in [6.07, 6.45) is 0.